The molecule has 0 fully saturated rings. The van der Waals surface area contributed by atoms with E-state index in [-0.39, 0.29) is 5.97 Å². The topological polar surface area (TPSA) is 26.3 Å². The van der Waals surface area contributed by atoms with E-state index in [2.05, 4.69) is 67.2 Å². The summed E-state index contributed by atoms with van der Waals surface area (Å²) >= 11 is 0. The van der Waals surface area contributed by atoms with Gasteiger partial charge in [-0.25, -0.2) is 4.79 Å². The summed E-state index contributed by atoms with van der Waals surface area (Å²) in [5.74, 6) is 0.241. The van der Waals surface area contributed by atoms with Crippen LogP contribution in [-0.4, -0.2) is 5.97 Å². The molecule has 0 radical (unpaired) electrons. The van der Waals surface area contributed by atoms with Gasteiger partial charge in [0.15, 0.2) is 0 Å². The minimum Gasteiger partial charge on any atom is -0.423 e. The largest absolute Gasteiger partial charge is 0.423 e. The van der Waals surface area contributed by atoms with Crippen LogP contribution in [0.1, 0.15) is 18.1 Å². The van der Waals surface area contributed by atoms with Crippen molar-refractivity contribution in [1.29, 1.82) is 0 Å². The van der Waals surface area contributed by atoms with Gasteiger partial charge >= 0.3 is 5.97 Å². The van der Waals surface area contributed by atoms with Crippen LogP contribution in [0.5, 0.6) is 5.75 Å². The van der Waals surface area contributed by atoms with E-state index in [0.29, 0.717) is 11.3 Å². The molecule has 0 saturated heterocycles. The fourth-order valence-corrected chi connectivity index (χ4v) is 5.48. The van der Waals surface area contributed by atoms with E-state index in [1.807, 2.05) is 26.0 Å². The molecule has 0 atom stereocenters. The lowest BCUT2D eigenvalue weighted by Gasteiger charge is -2.21. The third-order valence-electron chi connectivity index (χ3n) is 4.28. The SMILES string of the molecule is C=C(C)C(=O)Oc1c(C)cc(P(c2ccccc2)c2ccccc2)cc1C. The molecule has 0 unspecified atom stereocenters. The van der Waals surface area contributed by atoms with E-state index in [1.165, 1.54) is 15.9 Å². The number of hydrogen-bond donors (Lipinski definition) is 0. The van der Waals surface area contributed by atoms with Crippen molar-refractivity contribution in [1.82, 2.24) is 0 Å². The van der Waals surface area contributed by atoms with E-state index in [9.17, 15) is 4.79 Å². The van der Waals surface area contributed by atoms with Gasteiger partial charge in [-0.15, -0.1) is 0 Å². The van der Waals surface area contributed by atoms with Crippen molar-refractivity contribution in [2.45, 2.75) is 20.8 Å². The molecule has 0 aliphatic carbocycles. The van der Waals surface area contributed by atoms with Crippen LogP contribution in [0.15, 0.2) is 84.9 Å². The van der Waals surface area contributed by atoms with E-state index in [0.717, 1.165) is 11.1 Å². The van der Waals surface area contributed by atoms with E-state index in [1.54, 1.807) is 6.92 Å². The van der Waals surface area contributed by atoms with Crippen molar-refractivity contribution in [2.75, 3.05) is 0 Å². The maximum atomic E-state index is 12.0. The first-order valence-corrected chi connectivity index (χ1v) is 10.2. The highest BCUT2D eigenvalue weighted by Crippen LogP contribution is 2.35. The van der Waals surface area contributed by atoms with Crippen molar-refractivity contribution in [3.63, 3.8) is 0 Å². The van der Waals surface area contributed by atoms with Crippen LogP contribution in [0, 0.1) is 13.8 Å². The van der Waals surface area contributed by atoms with Crippen molar-refractivity contribution in [3.8, 4) is 5.75 Å². The van der Waals surface area contributed by atoms with Crippen LogP contribution in [0.2, 0.25) is 0 Å². The predicted octanol–water partition coefficient (Wildman–Crippen LogP) is 4.54. The number of esters is 1. The molecule has 0 heterocycles. The molecule has 136 valence electrons. The van der Waals surface area contributed by atoms with Crippen molar-refractivity contribution >= 4 is 29.8 Å². The molecular formula is C24H23O2P. The number of rotatable bonds is 5. The highest BCUT2D eigenvalue weighted by atomic mass is 31.1. The van der Waals surface area contributed by atoms with Crippen LogP contribution in [0.4, 0.5) is 0 Å². The van der Waals surface area contributed by atoms with Gasteiger partial charge in [0.1, 0.15) is 5.75 Å². The Morgan fingerprint density at radius 2 is 1.26 bits per heavy atom. The molecule has 3 aromatic rings. The summed E-state index contributed by atoms with van der Waals surface area (Å²) in [4.78, 5) is 12.0. The lowest BCUT2D eigenvalue weighted by atomic mass is 10.1. The average Bonchev–Trinajstić information content (AvgIpc) is 2.66. The maximum absolute atomic E-state index is 12.0. The molecule has 0 aliphatic heterocycles. The highest BCUT2D eigenvalue weighted by molar-refractivity contribution is 7.79. The van der Waals surface area contributed by atoms with E-state index in [4.69, 9.17) is 4.74 Å². The zero-order chi connectivity index (χ0) is 19.4. The van der Waals surface area contributed by atoms with Crippen molar-refractivity contribution in [3.05, 3.63) is 96.1 Å². The summed E-state index contributed by atoms with van der Waals surface area (Å²) in [6, 6.07) is 25.4. The molecular weight excluding hydrogens is 351 g/mol. The van der Waals surface area contributed by atoms with Gasteiger partial charge in [0, 0.05) is 5.57 Å². The molecule has 0 aromatic heterocycles. The van der Waals surface area contributed by atoms with Gasteiger partial charge in [0.05, 0.1) is 0 Å². The Morgan fingerprint density at radius 3 is 1.67 bits per heavy atom. The lowest BCUT2D eigenvalue weighted by Crippen LogP contribution is -2.21. The van der Waals surface area contributed by atoms with E-state index < -0.39 is 7.92 Å². The standard InChI is InChI=1S/C24H23O2P/c1-17(2)24(25)26-23-18(3)15-22(16-19(23)4)27(20-11-7-5-8-12-20)21-13-9-6-10-14-21/h5-16H,1H2,2-4H3. The summed E-state index contributed by atoms with van der Waals surface area (Å²) in [6.45, 7) is 9.30. The molecule has 0 aliphatic rings. The Bertz CT molecular complexity index is 900. The molecule has 2 nitrogen and oxygen atoms in total. The normalized spacial score (nSPS) is 10.7. The summed E-state index contributed by atoms with van der Waals surface area (Å²) < 4.78 is 5.55. The van der Waals surface area contributed by atoms with Gasteiger partial charge in [-0.1, -0.05) is 67.2 Å². The summed E-state index contributed by atoms with van der Waals surface area (Å²) in [5, 5.41) is 3.83. The van der Waals surface area contributed by atoms with Gasteiger partial charge in [0.2, 0.25) is 0 Å². The Kier molecular flexibility index (Phi) is 5.88. The van der Waals surface area contributed by atoms with Gasteiger partial charge in [0.25, 0.3) is 0 Å². The fraction of sp³-hybridized carbons (Fsp3) is 0.125. The Labute approximate surface area is 162 Å². The van der Waals surface area contributed by atoms with Crippen molar-refractivity contribution < 1.29 is 9.53 Å². The van der Waals surface area contributed by atoms with Gasteiger partial charge in [-0.3, -0.25) is 0 Å². The maximum Gasteiger partial charge on any atom is 0.338 e. The zero-order valence-corrected chi connectivity index (χ0v) is 16.8. The first kappa shape index (κ1) is 19.1. The number of benzene rings is 3. The summed E-state index contributed by atoms with van der Waals surface area (Å²) in [5.41, 5.74) is 2.31. The molecule has 0 spiro atoms. The second kappa shape index (κ2) is 8.33. The first-order chi connectivity index (χ1) is 13.0. The Balaban J connectivity index is 2.08. The first-order valence-electron chi connectivity index (χ1n) is 8.86. The minimum absolute atomic E-state index is 0.387. The molecule has 3 aromatic carbocycles. The van der Waals surface area contributed by atoms with Crippen LogP contribution in [-0.2, 0) is 4.79 Å². The number of carbonyl (C=O) groups excluding carboxylic acids is 1. The zero-order valence-electron chi connectivity index (χ0n) is 15.9. The number of ether oxygens (including phenoxy) is 1. The summed E-state index contributed by atoms with van der Waals surface area (Å²) in [7, 11) is -0.682. The molecule has 27 heavy (non-hydrogen) atoms. The van der Waals surface area contributed by atoms with Gasteiger partial charge < -0.3 is 4.74 Å². The third-order valence-corrected chi connectivity index (χ3v) is 6.68. The number of carbonyl (C=O) groups is 1. The third kappa shape index (κ3) is 4.35. The van der Waals surface area contributed by atoms with Crippen molar-refractivity contribution in [2.24, 2.45) is 0 Å². The monoisotopic (exact) mass is 374 g/mol. The van der Waals surface area contributed by atoms with Crippen LogP contribution in [0.25, 0.3) is 0 Å². The van der Waals surface area contributed by atoms with E-state index >= 15 is 0 Å². The molecule has 3 rings (SSSR count). The lowest BCUT2D eigenvalue weighted by molar-refractivity contribution is -0.130. The highest BCUT2D eigenvalue weighted by Gasteiger charge is 2.19. The second-order valence-corrected chi connectivity index (χ2v) is 8.81. The average molecular weight is 374 g/mol. The van der Waals surface area contributed by atoms with Crippen LogP contribution in [0.3, 0.4) is 0 Å². The molecule has 0 N–H and O–H groups in total. The quantitative estimate of drug-likeness (QED) is 0.284. The summed E-state index contributed by atoms with van der Waals surface area (Å²) in [6.07, 6.45) is 0. The molecule has 0 saturated carbocycles. The van der Waals surface area contributed by atoms with Gasteiger partial charge in [-0.05, 0) is 67.9 Å². The Morgan fingerprint density at radius 1 is 0.815 bits per heavy atom. The molecule has 3 heteroatoms. The number of aryl methyl sites for hydroxylation is 2. The minimum atomic E-state index is -0.682. The molecule has 0 bridgehead atoms. The van der Waals surface area contributed by atoms with Crippen LogP contribution >= 0.6 is 7.92 Å². The molecule has 0 amide bonds. The predicted molar refractivity (Wildman–Crippen MR) is 115 cm³/mol. The second-order valence-electron chi connectivity index (χ2n) is 6.59. The van der Waals surface area contributed by atoms with Gasteiger partial charge in [-0.2, -0.15) is 0 Å². The Hall–Kier alpha value is -2.70. The smallest absolute Gasteiger partial charge is 0.338 e. The van der Waals surface area contributed by atoms with Crippen LogP contribution < -0.4 is 20.7 Å². The fourth-order valence-electron chi connectivity index (χ4n) is 3.00. The number of hydrogen-bond acceptors (Lipinski definition) is 2.